The van der Waals surface area contributed by atoms with Crippen LogP contribution in [0, 0.1) is 0 Å². The number of carbonyl (C=O) groups excluding carboxylic acids is 1. The number of sulfonamides is 1. The molecule has 5 nitrogen and oxygen atoms in total. The fourth-order valence-corrected chi connectivity index (χ4v) is 3.08. The van der Waals surface area contributed by atoms with Crippen molar-refractivity contribution in [3.05, 3.63) is 65.2 Å². The van der Waals surface area contributed by atoms with Crippen LogP contribution in [-0.2, 0) is 19.6 Å². The van der Waals surface area contributed by atoms with Gasteiger partial charge in [0.05, 0.1) is 17.7 Å². The van der Waals surface area contributed by atoms with E-state index < -0.39 is 16.0 Å². The molecule has 1 N–H and O–H groups in total. The minimum atomic E-state index is -3.74. The molecule has 0 saturated carbocycles. The molecule has 0 heterocycles. The van der Waals surface area contributed by atoms with Crippen LogP contribution in [0.15, 0.2) is 59.5 Å². The van der Waals surface area contributed by atoms with Crippen molar-refractivity contribution < 1.29 is 17.9 Å². The second-order valence-corrected chi connectivity index (χ2v) is 6.63. The molecule has 0 unspecified atom stereocenters. The number of methoxy groups -OCH3 is 1. The van der Waals surface area contributed by atoms with E-state index in [9.17, 15) is 13.2 Å². The Hall–Kier alpha value is -2.31. The highest BCUT2D eigenvalue weighted by Crippen LogP contribution is 2.24. The van der Waals surface area contributed by atoms with Crippen LogP contribution in [0.2, 0.25) is 5.02 Å². The van der Waals surface area contributed by atoms with E-state index in [0.717, 1.165) is 0 Å². The quantitative estimate of drug-likeness (QED) is 0.662. The summed E-state index contributed by atoms with van der Waals surface area (Å²) in [5.41, 5.74) is 0.751. The van der Waals surface area contributed by atoms with Crippen molar-refractivity contribution in [2.24, 2.45) is 0 Å². The third-order valence-corrected chi connectivity index (χ3v) is 4.53. The number of ether oxygens (including phenoxy) is 1. The van der Waals surface area contributed by atoms with Gasteiger partial charge in [0.2, 0.25) is 0 Å². The van der Waals surface area contributed by atoms with E-state index in [4.69, 9.17) is 11.6 Å². The number of anilines is 1. The van der Waals surface area contributed by atoms with E-state index in [0.29, 0.717) is 16.3 Å². The van der Waals surface area contributed by atoms with Crippen LogP contribution in [-0.4, -0.2) is 21.5 Å². The molecular weight excluding hydrogens is 338 g/mol. The molecule has 0 bridgehead atoms. The van der Waals surface area contributed by atoms with Crippen LogP contribution in [0.5, 0.6) is 0 Å². The van der Waals surface area contributed by atoms with Crippen molar-refractivity contribution in [2.75, 3.05) is 11.8 Å². The fraction of sp³-hybridized carbons (Fsp3) is 0.0625. The van der Waals surface area contributed by atoms with Crippen molar-refractivity contribution in [3.63, 3.8) is 0 Å². The molecule has 0 atom stereocenters. The Morgan fingerprint density at radius 3 is 2.52 bits per heavy atom. The normalized spacial score (nSPS) is 11.4. The Balaban J connectivity index is 2.37. The molecule has 120 valence electrons. The molecule has 2 aromatic carbocycles. The van der Waals surface area contributed by atoms with Crippen LogP contribution in [0.25, 0.3) is 6.08 Å². The first-order valence-corrected chi connectivity index (χ1v) is 8.42. The Labute approximate surface area is 139 Å². The van der Waals surface area contributed by atoms with Gasteiger partial charge in [0.1, 0.15) is 0 Å². The van der Waals surface area contributed by atoms with Crippen LogP contribution >= 0.6 is 11.6 Å². The summed E-state index contributed by atoms with van der Waals surface area (Å²) in [4.78, 5) is 11.3. The van der Waals surface area contributed by atoms with Gasteiger partial charge < -0.3 is 4.74 Å². The number of nitrogens with one attached hydrogen (secondary N) is 1. The Morgan fingerprint density at radius 2 is 1.87 bits per heavy atom. The van der Waals surface area contributed by atoms with Gasteiger partial charge in [-0.2, -0.15) is 0 Å². The summed E-state index contributed by atoms with van der Waals surface area (Å²) in [5, 5.41) is 0.414. The van der Waals surface area contributed by atoms with Gasteiger partial charge in [-0.05, 0) is 36.4 Å². The first-order chi connectivity index (χ1) is 10.9. The summed E-state index contributed by atoms with van der Waals surface area (Å²) >= 11 is 5.93. The zero-order valence-electron chi connectivity index (χ0n) is 12.2. The van der Waals surface area contributed by atoms with Gasteiger partial charge in [0.15, 0.2) is 0 Å². The summed E-state index contributed by atoms with van der Waals surface area (Å²) in [5.74, 6) is -0.554. The summed E-state index contributed by atoms with van der Waals surface area (Å²) in [6.07, 6.45) is 2.62. The smallest absolute Gasteiger partial charge is 0.330 e. The summed E-state index contributed by atoms with van der Waals surface area (Å²) < 4.78 is 31.7. The number of benzene rings is 2. The average Bonchev–Trinajstić information content (AvgIpc) is 2.55. The first kappa shape index (κ1) is 17.1. The molecule has 2 aromatic rings. The van der Waals surface area contributed by atoms with Gasteiger partial charge in [-0.1, -0.05) is 29.8 Å². The maximum Gasteiger partial charge on any atom is 0.330 e. The summed E-state index contributed by atoms with van der Waals surface area (Å²) in [6.45, 7) is 0. The van der Waals surface area contributed by atoms with E-state index in [1.807, 2.05) is 0 Å². The van der Waals surface area contributed by atoms with E-state index in [-0.39, 0.29) is 4.90 Å². The third-order valence-electron chi connectivity index (χ3n) is 2.91. The second kappa shape index (κ2) is 7.30. The number of hydrogen-bond donors (Lipinski definition) is 1. The molecule has 2 rings (SSSR count). The highest BCUT2D eigenvalue weighted by molar-refractivity contribution is 7.92. The standard InChI is InChI=1S/C16H14ClNO4S/c1-22-16(19)10-7-12-11-13(17)8-9-15(12)18-23(20,21)14-5-3-2-4-6-14/h2-11,18H,1H3. The molecule has 7 heteroatoms. The van der Waals surface area contributed by atoms with Crippen LogP contribution in [0.1, 0.15) is 5.56 Å². The van der Waals surface area contributed by atoms with Gasteiger partial charge in [-0.15, -0.1) is 0 Å². The minimum absolute atomic E-state index is 0.137. The monoisotopic (exact) mass is 351 g/mol. The highest BCUT2D eigenvalue weighted by Gasteiger charge is 2.15. The lowest BCUT2D eigenvalue weighted by molar-refractivity contribution is -0.134. The predicted molar refractivity (Wildman–Crippen MR) is 89.8 cm³/mol. The number of carbonyl (C=O) groups is 1. The molecule has 0 aliphatic carbocycles. The summed E-state index contributed by atoms with van der Waals surface area (Å²) in [7, 11) is -2.48. The van der Waals surface area contributed by atoms with Crippen molar-refractivity contribution >= 4 is 39.4 Å². The zero-order valence-corrected chi connectivity index (χ0v) is 13.8. The minimum Gasteiger partial charge on any atom is -0.466 e. The Morgan fingerprint density at radius 1 is 1.17 bits per heavy atom. The van der Waals surface area contributed by atoms with E-state index >= 15 is 0 Å². The van der Waals surface area contributed by atoms with Gasteiger partial charge in [0.25, 0.3) is 10.0 Å². The van der Waals surface area contributed by atoms with Gasteiger partial charge in [-0.3, -0.25) is 4.72 Å². The molecule has 0 aromatic heterocycles. The van der Waals surface area contributed by atoms with Crippen molar-refractivity contribution in [2.45, 2.75) is 4.90 Å². The van der Waals surface area contributed by atoms with Gasteiger partial charge in [0, 0.05) is 16.7 Å². The number of hydrogen-bond acceptors (Lipinski definition) is 4. The third kappa shape index (κ3) is 4.58. The van der Waals surface area contributed by atoms with E-state index in [1.54, 1.807) is 30.3 Å². The van der Waals surface area contributed by atoms with E-state index in [2.05, 4.69) is 9.46 Å². The largest absolute Gasteiger partial charge is 0.466 e. The van der Waals surface area contributed by atoms with Crippen molar-refractivity contribution in [3.8, 4) is 0 Å². The Bertz CT molecular complexity index is 832. The molecular formula is C16H14ClNO4S. The topological polar surface area (TPSA) is 72.5 Å². The van der Waals surface area contributed by atoms with Gasteiger partial charge in [-0.25, -0.2) is 13.2 Å². The molecule has 23 heavy (non-hydrogen) atoms. The molecule has 0 aliphatic rings. The molecule has 0 fully saturated rings. The lowest BCUT2D eigenvalue weighted by atomic mass is 10.1. The molecule has 0 spiro atoms. The predicted octanol–water partition coefficient (Wildman–Crippen LogP) is 3.33. The SMILES string of the molecule is COC(=O)C=Cc1cc(Cl)ccc1NS(=O)(=O)c1ccccc1. The average molecular weight is 352 g/mol. The number of halogens is 1. The first-order valence-electron chi connectivity index (χ1n) is 6.56. The molecule has 0 amide bonds. The highest BCUT2D eigenvalue weighted by atomic mass is 35.5. The zero-order chi connectivity index (χ0) is 16.9. The molecule has 0 saturated heterocycles. The maximum atomic E-state index is 12.4. The van der Waals surface area contributed by atoms with E-state index in [1.165, 1.54) is 37.5 Å². The fourth-order valence-electron chi connectivity index (χ4n) is 1.79. The number of rotatable bonds is 5. The summed E-state index contributed by atoms with van der Waals surface area (Å²) in [6, 6.07) is 12.6. The molecule has 0 aliphatic heterocycles. The van der Waals surface area contributed by atoms with Crippen LogP contribution in [0.4, 0.5) is 5.69 Å². The lowest BCUT2D eigenvalue weighted by Gasteiger charge is -2.11. The number of esters is 1. The maximum absolute atomic E-state index is 12.4. The van der Waals surface area contributed by atoms with Crippen molar-refractivity contribution in [1.29, 1.82) is 0 Å². The lowest BCUT2D eigenvalue weighted by Crippen LogP contribution is -2.13. The van der Waals surface area contributed by atoms with Crippen LogP contribution < -0.4 is 4.72 Å². The van der Waals surface area contributed by atoms with Crippen molar-refractivity contribution in [1.82, 2.24) is 0 Å². The Kier molecular flexibility index (Phi) is 5.41. The van der Waals surface area contributed by atoms with Crippen LogP contribution in [0.3, 0.4) is 0 Å². The molecule has 0 radical (unpaired) electrons. The second-order valence-electron chi connectivity index (χ2n) is 4.51. The van der Waals surface area contributed by atoms with Gasteiger partial charge >= 0.3 is 5.97 Å².